The predicted molar refractivity (Wildman–Crippen MR) is 117 cm³/mol. The molecule has 6 heteroatoms. The van der Waals surface area contributed by atoms with Crippen LogP contribution in [-0.4, -0.2) is 35.9 Å². The normalized spacial score (nSPS) is 14.3. The fourth-order valence-corrected chi connectivity index (χ4v) is 3.81. The third kappa shape index (κ3) is 4.71. The van der Waals surface area contributed by atoms with E-state index in [4.69, 9.17) is 4.74 Å². The number of hydrogen-bond donors (Lipinski definition) is 1. The van der Waals surface area contributed by atoms with Crippen molar-refractivity contribution in [3.8, 4) is 5.75 Å². The Morgan fingerprint density at radius 1 is 1.00 bits per heavy atom. The molecule has 1 heterocycles. The number of aliphatic hydroxyl groups excluding tert-OH is 1. The molecule has 0 aromatic heterocycles. The number of anilines is 1. The van der Waals surface area contributed by atoms with Crippen molar-refractivity contribution in [1.29, 1.82) is 0 Å². The second-order valence-electron chi connectivity index (χ2n) is 7.29. The van der Waals surface area contributed by atoms with E-state index in [2.05, 4.69) is 13.8 Å². The van der Waals surface area contributed by atoms with Crippen LogP contribution in [0.1, 0.15) is 25.0 Å². The Balaban J connectivity index is 1.94. The highest BCUT2D eigenvalue weighted by atomic mass is 32.2. The van der Waals surface area contributed by atoms with Gasteiger partial charge in [-0.25, -0.2) is 4.90 Å². The highest BCUT2D eigenvalue weighted by Crippen LogP contribution is 2.38. The van der Waals surface area contributed by atoms with Gasteiger partial charge in [-0.1, -0.05) is 43.7 Å². The van der Waals surface area contributed by atoms with Crippen LogP contribution in [-0.2, 0) is 9.59 Å². The molecule has 0 radical (unpaired) electrons. The number of rotatable bonds is 8. The molecule has 5 nitrogen and oxygen atoms in total. The Morgan fingerprint density at radius 3 is 2.24 bits per heavy atom. The van der Waals surface area contributed by atoms with Crippen molar-refractivity contribution in [3.63, 3.8) is 0 Å². The summed E-state index contributed by atoms with van der Waals surface area (Å²) in [7, 11) is 0. The Labute approximate surface area is 175 Å². The van der Waals surface area contributed by atoms with Gasteiger partial charge >= 0.3 is 0 Å². The number of thioether (sulfide) groups is 1. The quantitative estimate of drug-likeness (QED) is 0.664. The Hall–Kier alpha value is -2.57. The minimum atomic E-state index is -0.354. The number of carbonyl (C=O) groups is 2. The van der Waals surface area contributed by atoms with Crippen LogP contribution in [0, 0.1) is 12.8 Å². The molecule has 1 N–H and O–H groups in total. The molecule has 0 aliphatic carbocycles. The summed E-state index contributed by atoms with van der Waals surface area (Å²) < 4.78 is 5.71. The molecule has 0 saturated carbocycles. The van der Waals surface area contributed by atoms with E-state index in [-0.39, 0.29) is 18.4 Å². The van der Waals surface area contributed by atoms with E-state index in [1.807, 2.05) is 31.2 Å². The van der Waals surface area contributed by atoms with E-state index in [9.17, 15) is 14.7 Å². The Bertz CT molecular complexity index is 917. The van der Waals surface area contributed by atoms with Crippen molar-refractivity contribution < 1.29 is 19.4 Å². The number of hydrogen-bond acceptors (Lipinski definition) is 5. The molecule has 3 rings (SSSR count). The first-order valence-electron chi connectivity index (χ1n) is 9.59. The fourth-order valence-electron chi connectivity index (χ4n) is 2.95. The maximum atomic E-state index is 13.2. The summed E-state index contributed by atoms with van der Waals surface area (Å²) in [6.07, 6.45) is 0. The average molecular weight is 412 g/mol. The lowest BCUT2D eigenvalue weighted by molar-refractivity contribution is -0.119. The van der Waals surface area contributed by atoms with Crippen molar-refractivity contribution in [2.24, 2.45) is 5.92 Å². The topological polar surface area (TPSA) is 66.8 Å². The molecule has 1 aliphatic heterocycles. The number of nitrogens with zero attached hydrogens (tertiary/aromatic N) is 1. The van der Waals surface area contributed by atoms with Crippen LogP contribution in [0.15, 0.2) is 53.4 Å². The SMILES string of the molecule is Cc1ccc(N2C(=O)C(SCCO)=C(c3ccc(OCC(C)C)cc3)C2=O)cc1. The Kier molecular flexibility index (Phi) is 6.77. The summed E-state index contributed by atoms with van der Waals surface area (Å²) >= 11 is 1.21. The van der Waals surface area contributed by atoms with Gasteiger partial charge in [-0.05, 0) is 42.7 Å². The smallest absolute Gasteiger partial charge is 0.272 e. The highest BCUT2D eigenvalue weighted by molar-refractivity contribution is 8.04. The molecule has 0 spiro atoms. The molecular formula is C23H25NO4S. The van der Waals surface area contributed by atoms with E-state index < -0.39 is 0 Å². The highest BCUT2D eigenvalue weighted by Gasteiger charge is 2.40. The van der Waals surface area contributed by atoms with Crippen LogP contribution in [0.4, 0.5) is 5.69 Å². The van der Waals surface area contributed by atoms with Gasteiger partial charge in [0.15, 0.2) is 0 Å². The summed E-state index contributed by atoms with van der Waals surface area (Å²) in [6.45, 7) is 6.64. The number of amides is 2. The van der Waals surface area contributed by atoms with Crippen molar-refractivity contribution in [2.75, 3.05) is 23.9 Å². The van der Waals surface area contributed by atoms with Crippen LogP contribution in [0.25, 0.3) is 5.57 Å². The number of aryl methyl sites for hydroxylation is 1. The van der Waals surface area contributed by atoms with Gasteiger partial charge in [-0.15, -0.1) is 11.8 Å². The minimum Gasteiger partial charge on any atom is -0.493 e. The zero-order chi connectivity index (χ0) is 21.0. The van der Waals surface area contributed by atoms with E-state index in [1.54, 1.807) is 24.3 Å². The van der Waals surface area contributed by atoms with Gasteiger partial charge in [0.1, 0.15) is 5.75 Å². The molecule has 0 unspecified atom stereocenters. The minimum absolute atomic E-state index is 0.0740. The van der Waals surface area contributed by atoms with Crippen LogP contribution in [0.5, 0.6) is 5.75 Å². The lowest BCUT2D eigenvalue weighted by Gasteiger charge is -2.15. The first-order chi connectivity index (χ1) is 13.9. The molecule has 0 atom stereocenters. The lowest BCUT2D eigenvalue weighted by atomic mass is 10.1. The first kappa shape index (κ1) is 21.1. The number of carbonyl (C=O) groups excluding carboxylic acids is 2. The number of ether oxygens (including phenoxy) is 1. The second-order valence-corrected chi connectivity index (χ2v) is 8.39. The third-order valence-electron chi connectivity index (χ3n) is 4.40. The summed E-state index contributed by atoms with van der Waals surface area (Å²) in [6, 6.07) is 14.5. The van der Waals surface area contributed by atoms with Gasteiger partial charge < -0.3 is 9.84 Å². The molecule has 1 aliphatic rings. The maximum Gasteiger partial charge on any atom is 0.272 e. The van der Waals surface area contributed by atoms with Crippen LogP contribution < -0.4 is 9.64 Å². The van der Waals surface area contributed by atoms with Crippen LogP contribution >= 0.6 is 11.8 Å². The molecule has 0 bridgehead atoms. The first-order valence-corrected chi connectivity index (χ1v) is 10.6. The average Bonchev–Trinajstić information content (AvgIpc) is 2.95. The van der Waals surface area contributed by atoms with E-state index in [0.29, 0.717) is 40.0 Å². The van der Waals surface area contributed by atoms with Crippen LogP contribution in [0.3, 0.4) is 0 Å². The largest absolute Gasteiger partial charge is 0.493 e. The van der Waals surface area contributed by atoms with Crippen molar-refractivity contribution >= 4 is 34.8 Å². The standard InChI is InChI=1S/C23H25NO4S/c1-15(2)14-28-19-10-6-17(7-11-19)20-21(29-13-12-25)23(27)24(22(20)26)18-8-4-16(3)5-9-18/h4-11,15,25H,12-14H2,1-3H3. The van der Waals surface area contributed by atoms with Gasteiger partial charge in [0, 0.05) is 5.75 Å². The second kappa shape index (κ2) is 9.29. The van der Waals surface area contributed by atoms with Crippen molar-refractivity contribution in [1.82, 2.24) is 0 Å². The third-order valence-corrected chi connectivity index (χ3v) is 5.45. The van der Waals surface area contributed by atoms with Gasteiger partial charge in [-0.2, -0.15) is 0 Å². The molecule has 29 heavy (non-hydrogen) atoms. The molecular weight excluding hydrogens is 386 g/mol. The van der Waals surface area contributed by atoms with Gasteiger partial charge in [0.05, 0.1) is 29.4 Å². The summed E-state index contributed by atoms with van der Waals surface area (Å²) in [5.41, 5.74) is 2.62. The molecule has 2 amide bonds. The van der Waals surface area contributed by atoms with Crippen LogP contribution in [0.2, 0.25) is 0 Å². The summed E-state index contributed by atoms with van der Waals surface area (Å²) in [5.74, 6) is 0.771. The van der Waals surface area contributed by atoms with E-state index >= 15 is 0 Å². The number of benzene rings is 2. The monoisotopic (exact) mass is 411 g/mol. The number of imide groups is 1. The molecule has 0 saturated heterocycles. The zero-order valence-electron chi connectivity index (χ0n) is 16.8. The fraction of sp³-hybridized carbons (Fsp3) is 0.304. The molecule has 0 fully saturated rings. The number of aliphatic hydroxyl groups is 1. The molecule has 2 aromatic rings. The molecule has 152 valence electrons. The molecule has 2 aromatic carbocycles. The van der Waals surface area contributed by atoms with E-state index in [1.165, 1.54) is 16.7 Å². The van der Waals surface area contributed by atoms with E-state index in [0.717, 1.165) is 11.3 Å². The van der Waals surface area contributed by atoms with Crippen molar-refractivity contribution in [3.05, 3.63) is 64.6 Å². The van der Waals surface area contributed by atoms with Crippen molar-refractivity contribution in [2.45, 2.75) is 20.8 Å². The summed E-state index contributed by atoms with van der Waals surface area (Å²) in [4.78, 5) is 27.8. The predicted octanol–water partition coefficient (Wildman–Crippen LogP) is 4.04. The zero-order valence-corrected chi connectivity index (χ0v) is 17.7. The van der Waals surface area contributed by atoms with Gasteiger partial charge in [0.2, 0.25) is 0 Å². The maximum absolute atomic E-state index is 13.2. The summed E-state index contributed by atoms with van der Waals surface area (Å²) in [5, 5.41) is 9.22. The Morgan fingerprint density at radius 2 is 1.66 bits per heavy atom. The van der Waals surface area contributed by atoms with Gasteiger partial charge in [0.25, 0.3) is 11.8 Å². The van der Waals surface area contributed by atoms with Gasteiger partial charge in [-0.3, -0.25) is 9.59 Å². The lowest BCUT2D eigenvalue weighted by Crippen LogP contribution is -2.31.